The van der Waals surface area contributed by atoms with Crippen LogP contribution < -0.4 is 9.47 Å². The molecule has 1 fully saturated rings. The molecule has 0 amide bonds. The van der Waals surface area contributed by atoms with Gasteiger partial charge in [0.05, 0.1) is 19.3 Å². The molecule has 0 radical (unpaired) electrons. The van der Waals surface area contributed by atoms with Gasteiger partial charge in [-0.25, -0.2) is 0 Å². The van der Waals surface area contributed by atoms with Crippen molar-refractivity contribution in [2.45, 2.75) is 56.5 Å². The fourth-order valence-corrected chi connectivity index (χ4v) is 3.50. The van der Waals surface area contributed by atoms with Gasteiger partial charge in [-0.15, -0.1) is 0 Å². The summed E-state index contributed by atoms with van der Waals surface area (Å²) in [6.07, 6.45) is 12.1. The van der Waals surface area contributed by atoms with Gasteiger partial charge in [-0.05, 0) is 62.6 Å². The highest BCUT2D eigenvalue weighted by atomic mass is 16.5. The van der Waals surface area contributed by atoms with Crippen molar-refractivity contribution in [1.29, 1.82) is 5.26 Å². The summed E-state index contributed by atoms with van der Waals surface area (Å²) in [6, 6.07) is 8.45. The predicted octanol–water partition coefficient (Wildman–Crippen LogP) is 4.52. The third-order valence-corrected chi connectivity index (χ3v) is 4.82. The van der Waals surface area contributed by atoms with Gasteiger partial charge in [0.2, 0.25) is 0 Å². The van der Waals surface area contributed by atoms with Crippen molar-refractivity contribution >= 4 is 0 Å². The largest absolute Gasteiger partial charge is 0.493 e. The second-order valence-corrected chi connectivity index (χ2v) is 6.27. The third-order valence-electron chi connectivity index (χ3n) is 4.82. The second kappa shape index (κ2) is 6.44. The van der Waals surface area contributed by atoms with Gasteiger partial charge in [0.1, 0.15) is 5.41 Å². The van der Waals surface area contributed by atoms with Gasteiger partial charge in [-0.3, -0.25) is 0 Å². The van der Waals surface area contributed by atoms with Gasteiger partial charge < -0.3 is 9.47 Å². The molecule has 22 heavy (non-hydrogen) atoms. The quantitative estimate of drug-likeness (QED) is 0.767. The minimum absolute atomic E-state index is 0.282. The topological polar surface area (TPSA) is 42.2 Å². The molecule has 1 unspecified atom stereocenters. The van der Waals surface area contributed by atoms with Crippen LogP contribution in [0.3, 0.4) is 0 Å². The van der Waals surface area contributed by atoms with Crippen LogP contribution in [-0.4, -0.2) is 13.2 Å². The van der Waals surface area contributed by atoms with E-state index in [0.717, 1.165) is 49.2 Å². The maximum atomic E-state index is 9.72. The fraction of sp³-hybridized carbons (Fsp3) is 0.526. The molecular weight excluding hydrogens is 274 g/mol. The first-order chi connectivity index (χ1) is 10.8. The van der Waals surface area contributed by atoms with E-state index in [4.69, 9.17) is 9.47 Å². The monoisotopic (exact) mass is 297 g/mol. The van der Waals surface area contributed by atoms with Gasteiger partial charge in [0.25, 0.3) is 0 Å². The molecular formula is C19H23NO2. The van der Waals surface area contributed by atoms with Crippen molar-refractivity contribution < 1.29 is 9.47 Å². The Morgan fingerprint density at radius 2 is 2.00 bits per heavy atom. The maximum absolute atomic E-state index is 9.72. The molecule has 3 heteroatoms. The van der Waals surface area contributed by atoms with Crippen molar-refractivity contribution in [2.75, 3.05) is 7.11 Å². The molecule has 1 saturated carbocycles. The fourth-order valence-electron chi connectivity index (χ4n) is 3.50. The number of ether oxygens (including phenoxy) is 2. The Bertz CT molecular complexity index is 596. The van der Waals surface area contributed by atoms with E-state index in [-0.39, 0.29) is 6.10 Å². The third kappa shape index (κ3) is 2.83. The molecule has 0 spiro atoms. The van der Waals surface area contributed by atoms with E-state index < -0.39 is 5.41 Å². The van der Waals surface area contributed by atoms with E-state index in [0.29, 0.717) is 0 Å². The highest BCUT2D eigenvalue weighted by Gasteiger charge is 2.32. The molecule has 3 rings (SSSR count). The predicted molar refractivity (Wildman–Crippen MR) is 86.2 cm³/mol. The lowest BCUT2D eigenvalue weighted by Crippen LogP contribution is -2.23. The number of allylic oxidation sites excluding steroid dienone is 2. The normalized spacial score (nSPS) is 24.9. The Labute approximate surface area is 132 Å². The minimum atomic E-state index is -0.516. The average molecular weight is 297 g/mol. The summed E-state index contributed by atoms with van der Waals surface area (Å²) in [4.78, 5) is 0. The SMILES string of the molecule is COc1ccc(C2(C#N)C=CCCC2)cc1OC1CCCC1. The summed E-state index contributed by atoms with van der Waals surface area (Å²) in [5.41, 5.74) is 0.498. The van der Waals surface area contributed by atoms with Crippen LogP contribution in [0.1, 0.15) is 50.5 Å². The standard InChI is InChI=1S/C19H23NO2/c1-21-17-10-9-15(19(14-20)11-5-2-6-12-19)13-18(17)22-16-7-3-4-8-16/h5,9-11,13,16H,2-4,6-8,12H2,1H3. The number of rotatable bonds is 4. The lowest BCUT2D eigenvalue weighted by molar-refractivity contribution is 0.200. The molecule has 1 aromatic carbocycles. The highest BCUT2D eigenvalue weighted by Crippen LogP contribution is 2.40. The van der Waals surface area contributed by atoms with Crippen LogP contribution in [0.4, 0.5) is 0 Å². The lowest BCUT2D eigenvalue weighted by atomic mass is 9.74. The summed E-state index contributed by atoms with van der Waals surface area (Å²) in [7, 11) is 1.66. The Morgan fingerprint density at radius 1 is 1.18 bits per heavy atom. The Hall–Kier alpha value is -1.95. The van der Waals surface area contributed by atoms with Crippen LogP contribution in [0, 0.1) is 11.3 Å². The molecule has 2 aliphatic rings. The number of methoxy groups -OCH3 is 1. The minimum Gasteiger partial charge on any atom is -0.493 e. The molecule has 1 atom stereocenters. The average Bonchev–Trinajstić information content (AvgIpc) is 3.08. The molecule has 0 N–H and O–H groups in total. The lowest BCUT2D eigenvalue weighted by Gasteiger charge is -2.27. The smallest absolute Gasteiger partial charge is 0.161 e. The Balaban J connectivity index is 1.93. The summed E-state index contributed by atoms with van der Waals surface area (Å²) >= 11 is 0. The van der Waals surface area contributed by atoms with Gasteiger partial charge >= 0.3 is 0 Å². The van der Waals surface area contributed by atoms with Crippen molar-refractivity contribution in [3.8, 4) is 17.6 Å². The number of hydrogen-bond acceptors (Lipinski definition) is 3. The first-order valence-corrected chi connectivity index (χ1v) is 8.21. The van der Waals surface area contributed by atoms with E-state index in [2.05, 4.69) is 18.2 Å². The number of nitrogens with zero attached hydrogens (tertiary/aromatic N) is 1. The van der Waals surface area contributed by atoms with Crippen molar-refractivity contribution in [3.63, 3.8) is 0 Å². The number of nitriles is 1. The van der Waals surface area contributed by atoms with Crippen LogP contribution in [0.15, 0.2) is 30.4 Å². The van der Waals surface area contributed by atoms with E-state index in [1.165, 1.54) is 12.8 Å². The molecule has 3 nitrogen and oxygen atoms in total. The van der Waals surface area contributed by atoms with E-state index in [9.17, 15) is 5.26 Å². The van der Waals surface area contributed by atoms with Crippen molar-refractivity contribution in [3.05, 3.63) is 35.9 Å². The zero-order valence-corrected chi connectivity index (χ0v) is 13.2. The second-order valence-electron chi connectivity index (χ2n) is 6.27. The molecule has 0 aliphatic heterocycles. The van der Waals surface area contributed by atoms with Crippen LogP contribution in [0.25, 0.3) is 0 Å². The zero-order chi connectivity index (χ0) is 15.4. The summed E-state index contributed by atoms with van der Waals surface area (Å²) < 4.78 is 11.6. The van der Waals surface area contributed by atoms with Crippen molar-refractivity contribution in [1.82, 2.24) is 0 Å². The van der Waals surface area contributed by atoms with Crippen molar-refractivity contribution in [2.24, 2.45) is 0 Å². The molecule has 0 saturated heterocycles. The maximum Gasteiger partial charge on any atom is 0.161 e. The molecule has 116 valence electrons. The zero-order valence-electron chi connectivity index (χ0n) is 13.2. The van der Waals surface area contributed by atoms with Gasteiger partial charge in [-0.2, -0.15) is 5.26 Å². The molecule has 1 aromatic rings. The number of benzene rings is 1. The first-order valence-electron chi connectivity index (χ1n) is 8.21. The molecule has 2 aliphatic carbocycles. The summed E-state index contributed by atoms with van der Waals surface area (Å²) in [5.74, 6) is 1.53. The molecule has 0 aromatic heterocycles. The van der Waals surface area contributed by atoms with E-state index in [1.807, 2.05) is 18.2 Å². The summed E-state index contributed by atoms with van der Waals surface area (Å²) in [5, 5.41) is 9.72. The van der Waals surface area contributed by atoms with Gasteiger partial charge in [0, 0.05) is 0 Å². The first kappa shape index (κ1) is 15.0. The van der Waals surface area contributed by atoms with E-state index in [1.54, 1.807) is 7.11 Å². The Morgan fingerprint density at radius 3 is 2.64 bits per heavy atom. The van der Waals surface area contributed by atoms with Crippen LogP contribution in [-0.2, 0) is 5.41 Å². The summed E-state index contributed by atoms with van der Waals surface area (Å²) in [6.45, 7) is 0. The van der Waals surface area contributed by atoms with Gasteiger partial charge in [0.15, 0.2) is 11.5 Å². The van der Waals surface area contributed by atoms with E-state index >= 15 is 0 Å². The number of hydrogen-bond donors (Lipinski definition) is 0. The van der Waals surface area contributed by atoms with Crippen LogP contribution in [0.2, 0.25) is 0 Å². The van der Waals surface area contributed by atoms with Crippen LogP contribution >= 0.6 is 0 Å². The Kier molecular flexibility index (Phi) is 4.38. The molecule has 0 heterocycles. The van der Waals surface area contributed by atoms with Gasteiger partial charge in [-0.1, -0.05) is 18.2 Å². The highest BCUT2D eigenvalue weighted by molar-refractivity contribution is 5.49. The van der Waals surface area contributed by atoms with Crippen LogP contribution in [0.5, 0.6) is 11.5 Å². The molecule has 0 bridgehead atoms.